The molecule has 0 fully saturated rings. The predicted molar refractivity (Wildman–Crippen MR) is 79.7 cm³/mol. The lowest BCUT2D eigenvalue weighted by atomic mass is 10.3. The van der Waals surface area contributed by atoms with Gasteiger partial charge in [0.25, 0.3) is 5.91 Å². The third-order valence-corrected chi connectivity index (χ3v) is 2.97. The van der Waals surface area contributed by atoms with Crippen molar-refractivity contribution in [2.24, 2.45) is 0 Å². The minimum Gasteiger partial charge on any atom is -1.00 e. The van der Waals surface area contributed by atoms with Crippen molar-refractivity contribution in [3.05, 3.63) is 54.4 Å². The quantitative estimate of drug-likeness (QED) is 0.522. The monoisotopic (exact) mass is 372 g/mol. The minimum absolute atomic E-state index is 0. The van der Waals surface area contributed by atoms with Gasteiger partial charge in [-0.25, -0.2) is 4.79 Å². The molecule has 1 heterocycles. The fourth-order valence-corrected chi connectivity index (χ4v) is 1.94. The molecule has 1 amide bonds. The summed E-state index contributed by atoms with van der Waals surface area (Å²) >= 11 is 0. The number of alkyl halides is 2. The molecule has 0 aliphatic heterocycles. The zero-order valence-electron chi connectivity index (χ0n) is 13.1. The number of methoxy groups -OCH3 is 1. The third-order valence-electron chi connectivity index (χ3n) is 2.97. The summed E-state index contributed by atoms with van der Waals surface area (Å²) in [5.74, 6) is -0.841. The number of aromatic nitrogens is 1. The maximum Gasteiger partial charge on any atom is 0.387 e. The van der Waals surface area contributed by atoms with E-state index in [1.807, 2.05) is 0 Å². The molecule has 0 aliphatic rings. The van der Waals surface area contributed by atoms with Crippen LogP contribution in [0.4, 0.5) is 14.5 Å². The van der Waals surface area contributed by atoms with Crippen LogP contribution in [0.5, 0.6) is 5.75 Å². The standard InChI is InChI=1S/C16H14F2N2O4.ClH/c1-23-15(22)11-3-2-8-20(9-11)10-14(21)19-12-4-6-13(7-5-12)24-16(17)18;/h2-9,16H,10H2,1H3;1H. The molecule has 9 heteroatoms. The van der Waals surface area contributed by atoms with Crippen LogP contribution in [0.15, 0.2) is 48.8 Å². The van der Waals surface area contributed by atoms with E-state index in [1.165, 1.54) is 42.1 Å². The number of halogens is 3. The van der Waals surface area contributed by atoms with Gasteiger partial charge in [-0.3, -0.25) is 4.79 Å². The number of ether oxygens (including phenoxy) is 2. The molecule has 2 rings (SSSR count). The molecule has 2 aromatic rings. The molecule has 1 aromatic carbocycles. The van der Waals surface area contributed by atoms with Gasteiger partial charge in [0.1, 0.15) is 11.3 Å². The molecule has 0 saturated carbocycles. The Labute approximate surface area is 148 Å². The first kappa shape index (κ1) is 20.3. The van der Waals surface area contributed by atoms with Crippen LogP contribution in [0, 0.1) is 0 Å². The number of benzene rings is 1. The second-order valence-corrected chi connectivity index (χ2v) is 4.71. The molecular weight excluding hydrogens is 358 g/mol. The zero-order valence-corrected chi connectivity index (χ0v) is 13.9. The summed E-state index contributed by atoms with van der Waals surface area (Å²) < 4.78 is 34.5. The van der Waals surface area contributed by atoms with E-state index in [0.717, 1.165) is 0 Å². The zero-order chi connectivity index (χ0) is 17.5. The number of anilines is 1. The molecule has 0 aliphatic carbocycles. The summed E-state index contributed by atoms with van der Waals surface area (Å²) in [5, 5.41) is 2.61. The van der Waals surface area contributed by atoms with Crippen LogP contribution < -0.4 is 27.0 Å². The number of nitrogens with one attached hydrogen (secondary N) is 1. The highest BCUT2D eigenvalue weighted by Crippen LogP contribution is 2.17. The molecule has 0 radical (unpaired) electrons. The molecule has 0 unspecified atom stereocenters. The Hall–Kier alpha value is -2.74. The summed E-state index contributed by atoms with van der Waals surface area (Å²) in [6, 6.07) is 8.74. The van der Waals surface area contributed by atoms with Gasteiger partial charge in [0.2, 0.25) is 6.54 Å². The molecule has 0 spiro atoms. The van der Waals surface area contributed by atoms with Gasteiger partial charge in [-0.05, 0) is 30.3 Å². The Morgan fingerprint density at radius 3 is 2.48 bits per heavy atom. The van der Waals surface area contributed by atoms with Gasteiger partial charge in [0.05, 0.1) is 7.11 Å². The Kier molecular flexibility index (Phi) is 7.74. The third kappa shape index (κ3) is 6.34. The second kappa shape index (κ2) is 9.53. The van der Waals surface area contributed by atoms with Crippen LogP contribution in [0.3, 0.4) is 0 Å². The number of nitrogens with zero attached hydrogens (tertiary/aromatic N) is 1. The lowest BCUT2D eigenvalue weighted by Gasteiger charge is -2.06. The molecule has 0 atom stereocenters. The van der Waals surface area contributed by atoms with Gasteiger partial charge in [0, 0.05) is 11.8 Å². The molecule has 1 aromatic heterocycles. The summed E-state index contributed by atoms with van der Waals surface area (Å²) in [5.41, 5.74) is 0.757. The minimum atomic E-state index is -2.90. The summed E-state index contributed by atoms with van der Waals surface area (Å²) in [6.07, 6.45) is 3.12. The number of hydrogen-bond donors (Lipinski definition) is 1. The molecule has 0 saturated heterocycles. The van der Waals surface area contributed by atoms with Crippen molar-refractivity contribution in [2.45, 2.75) is 13.2 Å². The number of amides is 1. The van der Waals surface area contributed by atoms with Crippen molar-refractivity contribution in [1.29, 1.82) is 0 Å². The van der Waals surface area contributed by atoms with Crippen LogP contribution in [0.25, 0.3) is 0 Å². The van der Waals surface area contributed by atoms with Crippen molar-refractivity contribution in [2.75, 3.05) is 12.4 Å². The SMILES string of the molecule is COC(=O)c1ccc[n+](CC(=O)Nc2ccc(OC(F)F)cc2)c1.[Cl-]. The maximum atomic E-state index is 12.1. The van der Waals surface area contributed by atoms with Gasteiger partial charge < -0.3 is 27.2 Å². The van der Waals surface area contributed by atoms with Gasteiger partial charge in [-0.1, -0.05) is 0 Å². The fourth-order valence-electron chi connectivity index (χ4n) is 1.94. The lowest BCUT2D eigenvalue weighted by molar-refractivity contribution is -0.684. The van der Waals surface area contributed by atoms with Crippen LogP contribution in [-0.2, 0) is 16.1 Å². The van der Waals surface area contributed by atoms with Crippen molar-refractivity contribution in [3.63, 3.8) is 0 Å². The first-order valence-electron chi connectivity index (χ1n) is 6.90. The van der Waals surface area contributed by atoms with E-state index in [2.05, 4.69) is 14.8 Å². The van der Waals surface area contributed by atoms with Crippen LogP contribution in [0.1, 0.15) is 10.4 Å². The largest absolute Gasteiger partial charge is 1.00 e. The summed E-state index contributed by atoms with van der Waals surface area (Å²) in [7, 11) is 1.27. The van der Waals surface area contributed by atoms with E-state index in [9.17, 15) is 18.4 Å². The molecule has 134 valence electrons. The van der Waals surface area contributed by atoms with Gasteiger partial charge >= 0.3 is 12.6 Å². The smallest absolute Gasteiger partial charge is 0.387 e. The van der Waals surface area contributed by atoms with E-state index < -0.39 is 12.6 Å². The topological polar surface area (TPSA) is 68.5 Å². The van der Waals surface area contributed by atoms with Crippen molar-refractivity contribution >= 4 is 17.6 Å². The fraction of sp³-hybridized carbons (Fsp3) is 0.188. The average Bonchev–Trinajstić information content (AvgIpc) is 2.55. The first-order chi connectivity index (χ1) is 11.5. The summed E-state index contributed by atoms with van der Waals surface area (Å²) in [4.78, 5) is 23.4. The van der Waals surface area contributed by atoms with Crippen molar-refractivity contribution in [1.82, 2.24) is 0 Å². The van der Waals surface area contributed by atoms with Crippen molar-refractivity contribution in [3.8, 4) is 5.75 Å². The van der Waals surface area contributed by atoms with E-state index in [-0.39, 0.29) is 30.6 Å². The molecule has 25 heavy (non-hydrogen) atoms. The highest BCUT2D eigenvalue weighted by molar-refractivity contribution is 5.90. The number of hydrogen-bond acceptors (Lipinski definition) is 4. The van der Waals surface area contributed by atoms with Crippen LogP contribution in [-0.4, -0.2) is 25.6 Å². The predicted octanol–water partition coefficient (Wildman–Crippen LogP) is -0.995. The second-order valence-electron chi connectivity index (χ2n) is 4.71. The number of carbonyl (C=O) groups is 2. The maximum absolute atomic E-state index is 12.1. The van der Waals surface area contributed by atoms with E-state index in [0.29, 0.717) is 11.3 Å². The molecule has 1 N–H and O–H groups in total. The Morgan fingerprint density at radius 1 is 1.20 bits per heavy atom. The first-order valence-corrected chi connectivity index (χ1v) is 6.90. The van der Waals surface area contributed by atoms with Crippen LogP contribution in [0.2, 0.25) is 0 Å². The summed E-state index contributed by atoms with van der Waals surface area (Å²) in [6.45, 7) is -2.93. The number of rotatable bonds is 6. The van der Waals surface area contributed by atoms with Crippen LogP contribution >= 0.6 is 0 Å². The van der Waals surface area contributed by atoms with E-state index >= 15 is 0 Å². The van der Waals surface area contributed by atoms with E-state index in [4.69, 9.17) is 0 Å². The number of pyridine rings is 1. The number of esters is 1. The molecule has 6 nitrogen and oxygen atoms in total. The Morgan fingerprint density at radius 2 is 1.88 bits per heavy atom. The Bertz CT molecular complexity index is 726. The van der Waals surface area contributed by atoms with Gasteiger partial charge in [-0.15, -0.1) is 0 Å². The highest BCUT2D eigenvalue weighted by Gasteiger charge is 2.14. The van der Waals surface area contributed by atoms with Crippen molar-refractivity contribution < 1.29 is 44.8 Å². The Balaban J connectivity index is 0.00000312. The molecule has 0 bridgehead atoms. The average molecular weight is 373 g/mol. The van der Waals surface area contributed by atoms with E-state index in [1.54, 1.807) is 18.3 Å². The highest BCUT2D eigenvalue weighted by atomic mass is 35.5. The molecular formula is C16H15ClF2N2O4. The lowest BCUT2D eigenvalue weighted by Crippen LogP contribution is -3.00. The number of carbonyl (C=O) groups excluding carboxylic acids is 2. The normalized spacial score (nSPS) is 9.92. The van der Waals surface area contributed by atoms with Gasteiger partial charge in [0.15, 0.2) is 12.4 Å². The van der Waals surface area contributed by atoms with Gasteiger partial charge in [-0.2, -0.15) is 13.3 Å².